The standard InChI is InChI=1S/C8H15NO2/c1-4-7(2)8(10)9-5-6-11-3/h4,7H,1,5-6H2,2-3H3,(H,9,10). The molecule has 1 N–H and O–H groups in total. The maximum Gasteiger partial charge on any atom is 0.226 e. The number of rotatable bonds is 5. The van der Waals surface area contributed by atoms with Crippen molar-refractivity contribution in [2.45, 2.75) is 6.92 Å². The Hall–Kier alpha value is -0.830. The fraction of sp³-hybridized carbons (Fsp3) is 0.625. The van der Waals surface area contributed by atoms with Crippen molar-refractivity contribution in [3.8, 4) is 0 Å². The summed E-state index contributed by atoms with van der Waals surface area (Å²) in [6, 6.07) is 0. The molecule has 0 heterocycles. The van der Waals surface area contributed by atoms with Gasteiger partial charge in [0.15, 0.2) is 0 Å². The molecule has 0 aliphatic rings. The minimum Gasteiger partial charge on any atom is -0.383 e. The second-order valence-corrected chi connectivity index (χ2v) is 2.31. The van der Waals surface area contributed by atoms with E-state index in [-0.39, 0.29) is 11.8 Å². The Bertz CT molecular complexity index is 134. The lowest BCUT2D eigenvalue weighted by atomic mass is 10.2. The van der Waals surface area contributed by atoms with Crippen molar-refractivity contribution >= 4 is 5.91 Å². The van der Waals surface area contributed by atoms with Crippen LogP contribution in [0.15, 0.2) is 12.7 Å². The Kier molecular flexibility index (Phi) is 5.47. The molecule has 0 aromatic carbocycles. The Balaban J connectivity index is 3.44. The molecule has 0 bridgehead atoms. The summed E-state index contributed by atoms with van der Waals surface area (Å²) in [7, 11) is 1.60. The van der Waals surface area contributed by atoms with Crippen LogP contribution in [0.5, 0.6) is 0 Å². The maximum absolute atomic E-state index is 11.0. The van der Waals surface area contributed by atoms with Crippen molar-refractivity contribution < 1.29 is 9.53 Å². The minimum absolute atomic E-state index is 0.00273. The summed E-state index contributed by atoms with van der Waals surface area (Å²) in [6.45, 7) is 6.43. The lowest BCUT2D eigenvalue weighted by Gasteiger charge is -2.06. The molecule has 11 heavy (non-hydrogen) atoms. The van der Waals surface area contributed by atoms with Gasteiger partial charge in [0.1, 0.15) is 0 Å². The van der Waals surface area contributed by atoms with Gasteiger partial charge >= 0.3 is 0 Å². The number of ether oxygens (including phenoxy) is 1. The zero-order valence-electron chi connectivity index (χ0n) is 7.09. The molecule has 0 aliphatic carbocycles. The van der Waals surface area contributed by atoms with E-state index in [0.717, 1.165) is 0 Å². The number of hydrogen-bond donors (Lipinski definition) is 1. The predicted molar refractivity (Wildman–Crippen MR) is 44.2 cm³/mol. The summed E-state index contributed by atoms with van der Waals surface area (Å²) >= 11 is 0. The monoisotopic (exact) mass is 157 g/mol. The molecule has 1 atom stereocenters. The highest BCUT2D eigenvalue weighted by Gasteiger charge is 2.06. The molecule has 0 aromatic rings. The summed E-state index contributed by atoms with van der Waals surface area (Å²) in [5.74, 6) is -0.121. The molecule has 0 saturated heterocycles. The Morgan fingerprint density at radius 1 is 1.82 bits per heavy atom. The van der Waals surface area contributed by atoms with E-state index >= 15 is 0 Å². The number of methoxy groups -OCH3 is 1. The van der Waals surface area contributed by atoms with Crippen molar-refractivity contribution in [1.82, 2.24) is 5.32 Å². The summed E-state index contributed by atoms with van der Waals surface area (Å²) in [5, 5.41) is 2.70. The van der Waals surface area contributed by atoms with Crippen LogP contribution in [0.25, 0.3) is 0 Å². The molecule has 0 spiro atoms. The molecule has 0 aliphatic heterocycles. The quantitative estimate of drug-likeness (QED) is 0.468. The van der Waals surface area contributed by atoms with Crippen LogP contribution >= 0.6 is 0 Å². The number of hydrogen-bond acceptors (Lipinski definition) is 2. The molecule has 0 fully saturated rings. The molecular formula is C8H15NO2. The van der Waals surface area contributed by atoms with Gasteiger partial charge in [-0.15, -0.1) is 6.58 Å². The SMILES string of the molecule is C=CC(C)C(=O)NCCOC. The lowest BCUT2D eigenvalue weighted by molar-refractivity contribution is -0.123. The van der Waals surface area contributed by atoms with Gasteiger partial charge in [0.25, 0.3) is 0 Å². The highest BCUT2D eigenvalue weighted by Crippen LogP contribution is 1.93. The normalized spacial score (nSPS) is 12.2. The first-order valence-corrected chi connectivity index (χ1v) is 3.61. The zero-order chi connectivity index (χ0) is 8.69. The number of carbonyl (C=O) groups is 1. The van der Waals surface area contributed by atoms with Crippen LogP contribution in [0, 0.1) is 5.92 Å². The fourth-order valence-electron chi connectivity index (χ4n) is 0.544. The Morgan fingerprint density at radius 2 is 2.45 bits per heavy atom. The van der Waals surface area contributed by atoms with Crippen LogP contribution in [0.1, 0.15) is 6.92 Å². The second-order valence-electron chi connectivity index (χ2n) is 2.31. The van der Waals surface area contributed by atoms with Gasteiger partial charge in [0.05, 0.1) is 12.5 Å². The molecule has 0 saturated carbocycles. The van der Waals surface area contributed by atoms with E-state index in [9.17, 15) is 4.79 Å². The van der Waals surface area contributed by atoms with Crippen LogP contribution in [-0.4, -0.2) is 26.2 Å². The topological polar surface area (TPSA) is 38.3 Å². The van der Waals surface area contributed by atoms with Gasteiger partial charge in [0.2, 0.25) is 5.91 Å². The molecular weight excluding hydrogens is 142 g/mol. The third-order valence-electron chi connectivity index (χ3n) is 1.37. The van der Waals surface area contributed by atoms with Crippen LogP contribution in [0.4, 0.5) is 0 Å². The molecule has 3 nitrogen and oxygen atoms in total. The van der Waals surface area contributed by atoms with Gasteiger partial charge in [-0.3, -0.25) is 4.79 Å². The van der Waals surface area contributed by atoms with Crippen molar-refractivity contribution in [2.24, 2.45) is 5.92 Å². The predicted octanol–water partition coefficient (Wildman–Crippen LogP) is 0.571. The van der Waals surface area contributed by atoms with Crippen LogP contribution in [0.2, 0.25) is 0 Å². The van der Waals surface area contributed by atoms with E-state index in [2.05, 4.69) is 11.9 Å². The summed E-state index contributed by atoms with van der Waals surface area (Å²) in [6.07, 6.45) is 1.61. The third kappa shape index (κ3) is 4.56. The average Bonchev–Trinajstić information content (AvgIpc) is 2.03. The minimum atomic E-state index is -0.119. The van der Waals surface area contributed by atoms with E-state index < -0.39 is 0 Å². The Labute approximate surface area is 67.4 Å². The molecule has 3 heteroatoms. The molecule has 0 rings (SSSR count). The number of carbonyl (C=O) groups excluding carboxylic acids is 1. The third-order valence-corrected chi connectivity index (χ3v) is 1.37. The van der Waals surface area contributed by atoms with Gasteiger partial charge in [-0.25, -0.2) is 0 Å². The molecule has 1 amide bonds. The van der Waals surface area contributed by atoms with Gasteiger partial charge in [-0.1, -0.05) is 13.0 Å². The van der Waals surface area contributed by atoms with Crippen LogP contribution < -0.4 is 5.32 Å². The second kappa shape index (κ2) is 5.92. The molecule has 64 valence electrons. The highest BCUT2D eigenvalue weighted by molar-refractivity contribution is 5.79. The van der Waals surface area contributed by atoms with Crippen molar-refractivity contribution in [2.75, 3.05) is 20.3 Å². The summed E-state index contributed by atoms with van der Waals surface area (Å²) < 4.78 is 4.77. The van der Waals surface area contributed by atoms with Crippen molar-refractivity contribution in [3.63, 3.8) is 0 Å². The van der Waals surface area contributed by atoms with Crippen LogP contribution in [-0.2, 0) is 9.53 Å². The number of nitrogens with one attached hydrogen (secondary N) is 1. The van der Waals surface area contributed by atoms with Crippen LogP contribution in [0.3, 0.4) is 0 Å². The van der Waals surface area contributed by atoms with E-state index in [1.165, 1.54) is 0 Å². The average molecular weight is 157 g/mol. The molecule has 0 aromatic heterocycles. The van der Waals surface area contributed by atoms with Crippen molar-refractivity contribution in [3.05, 3.63) is 12.7 Å². The van der Waals surface area contributed by atoms with Gasteiger partial charge < -0.3 is 10.1 Å². The largest absolute Gasteiger partial charge is 0.383 e. The zero-order valence-corrected chi connectivity index (χ0v) is 7.09. The van der Waals surface area contributed by atoms with Crippen molar-refractivity contribution in [1.29, 1.82) is 0 Å². The molecule has 0 radical (unpaired) electrons. The Morgan fingerprint density at radius 3 is 2.91 bits per heavy atom. The van der Waals surface area contributed by atoms with E-state index in [1.54, 1.807) is 20.1 Å². The lowest BCUT2D eigenvalue weighted by Crippen LogP contribution is -2.30. The smallest absolute Gasteiger partial charge is 0.226 e. The maximum atomic E-state index is 11.0. The molecule has 1 unspecified atom stereocenters. The first-order valence-electron chi connectivity index (χ1n) is 3.61. The summed E-state index contributed by atoms with van der Waals surface area (Å²) in [4.78, 5) is 11.0. The fourth-order valence-corrected chi connectivity index (χ4v) is 0.544. The van der Waals surface area contributed by atoms with E-state index in [1.807, 2.05) is 0 Å². The first-order chi connectivity index (χ1) is 5.22. The number of amides is 1. The highest BCUT2D eigenvalue weighted by atomic mass is 16.5. The van der Waals surface area contributed by atoms with E-state index in [0.29, 0.717) is 13.2 Å². The van der Waals surface area contributed by atoms with Gasteiger partial charge in [0, 0.05) is 13.7 Å². The van der Waals surface area contributed by atoms with Gasteiger partial charge in [-0.05, 0) is 0 Å². The first kappa shape index (κ1) is 10.2. The van der Waals surface area contributed by atoms with Gasteiger partial charge in [-0.2, -0.15) is 0 Å². The van der Waals surface area contributed by atoms with E-state index in [4.69, 9.17) is 4.74 Å². The summed E-state index contributed by atoms with van der Waals surface area (Å²) in [5.41, 5.74) is 0.